The van der Waals surface area contributed by atoms with Crippen LogP contribution in [0.3, 0.4) is 0 Å². The maximum absolute atomic E-state index is 12.5. The molecule has 1 saturated carbocycles. The van der Waals surface area contributed by atoms with E-state index in [0.29, 0.717) is 19.0 Å². The molecule has 0 radical (unpaired) electrons. The van der Waals surface area contributed by atoms with Crippen molar-refractivity contribution in [1.82, 2.24) is 4.90 Å². The van der Waals surface area contributed by atoms with Gasteiger partial charge in [0, 0.05) is 24.7 Å². The van der Waals surface area contributed by atoms with Crippen molar-refractivity contribution in [2.75, 3.05) is 11.9 Å². The zero-order chi connectivity index (χ0) is 15.7. The monoisotopic (exact) mass is 300 g/mol. The maximum Gasteiger partial charge on any atom is 0.229 e. The Balaban J connectivity index is 1.66. The summed E-state index contributed by atoms with van der Waals surface area (Å²) >= 11 is 0. The molecule has 2 fully saturated rings. The number of nitrogens with zero attached hydrogens (tertiary/aromatic N) is 1. The van der Waals surface area contributed by atoms with Gasteiger partial charge in [0.1, 0.15) is 0 Å². The Bertz CT molecular complexity index is 591. The minimum absolute atomic E-state index is 0.0254. The topological polar surface area (TPSA) is 49.4 Å². The minimum atomic E-state index is -0.215. The van der Waals surface area contributed by atoms with Gasteiger partial charge in [-0.2, -0.15) is 0 Å². The molecule has 1 aromatic carbocycles. The lowest BCUT2D eigenvalue weighted by Gasteiger charge is -2.24. The van der Waals surface area contributed by atoms with Crippen LogP contribution >= 0.6 is 0 Å². The summed E-state index contributed by atoms with van der Waals surface area (Å²) in [4.78, 5) is 26.6. The van der Waals surface area contributed by atoms with Crippen molar-refractivity contribution in [1.29, 1.82) is 0 Å². The number of carbonyl (C=O) groups excluding carboxylic acids is 2. The molecule has 3 rings (SSSR count). The zero-order valence-electron chi connectivity index (χ0n) is 13.4. The van der Waals surface area contributed by atoms with E-state index in [4.69, 9.17) is 0 Å². The SMILES string of the molecule is Cc1cccc(NC(=O)[C@H]2CC(=O)N(C3CCCC3)C2)c1C. The quantitative estimate of drug-likeness (QED) is 0.933. The van der Waals surface area contributed by atoms with Crippen LogP contribution in [-0.4, -0.2) is 29.3 Å². The molecule has 1 aliphatic carbocycles. The van der Waals surface area contributed by atoms with Crippen LogP contribution < -0.4 is 5.32 Å². The van der Waals surface area contributed by atoms with Crippen LogP contribution in [0, 0.1) is 19.8 Å². The smallest absolute Gasteiger partial charge is 0.229 e. The number of hydrogen-bond acceptors (Lipinski definition) is 2. The zero-order valence-corrected chi connectivity index (χ0v) is 13.4. The molecule has 4 nitrogen and oxygen atoms in total. The molecule has 2 amide bonds. The van der Waals surface area contributed by atoms with Crippen molar-refractivity contribution in [3.8, 4) is 0 Å². The predicted molar refractivity (Wildman–Crippen MR) is 86.6 cm³/mol. The summed E-state index contributed by atoms with van der Waals surface area (Å²) in [6.07, 6.45) is 4.95. The predicted octanol–water partition coefficient (Wildman–Crippen LogP) is 3.03. The first-order valence-corrected chi connectivity index (χ1v) is 8.23. The molecule has 2 aliphatic rings. The normalized spacial score (nSPS) is 22.4. The van der Waals surface area contributed by atoms with Crippen molar-refractivity contribution >= 4 is 17.5 Å². The lowest BCUT2D eigenvalue weighted by atomic mass is 10.1. The van der Waals surface area contributed by atoms with Crippen molar-refractivity contribution in [2.24, 2.45) is 5.92 Å². The summed E-state index contributed by atoms with van der Waals surface area (Å²) in [5.41, 5.74) is 3.11. The van der Waals surface area contributed by atoms with Crippen LogP contribution in [0.2, 0.25) is 0 Å². The van der Waals surface area contributed by atoms with Gasteiger partial charge in [-0.25, -0.2) is 0 Å². The largest absolute Gasteiger partial charge is 0.339 e. The first-order chi connectivity index (χ1) is 10.6. The summed E-state index contributed by atoms with van der Waals surface area (Å²) in [6, 6.07) is 6.27. The third-order valence-corrected chi connectivity index (χ3v) is 5.16. The Morgan fingerprint density at radius 1 is 1.23 bits per heavy atom. The second-order valence-electron chi connectivity index (χ2n) is 6.62. The fraction of sp³-hybridized carbons (Fsp3) is 0.556. The van der Waals surface area contributed by atoms with E-state index in [9.17, 15) is 9.59 Å². The van der Waals surface area contributed by atoms with E-state index >= 15 is 0 Å². The average molecular weight is 300 g/mol. The van der Waals surface area contributed by atoms with E-state index in [-0.39, 0.29) is 17.7 Å². The third-order valence-electron chi connectivity index (χ3n) is 5.16. The number of amides is 2. The molecule has 1 aliphatic heterocycles. The molecule has 4 heteroatoms. The Hall–Kier alpha value is -1.84. The standard InChI is InChI=1S/C18H24N2O2/c1-12-6-5-9-16(13(12)2)19-18(22)14-10-17(21)20(11-14)15-7-3-4-8-15/h5-6,9,14-15H,3-4,7-8,10-11H2,1-2H3,(H,19,22)/t14-/m0/s1. The molecule has 118 valence electrons. The number of likely N-dealkylation sites (tertiary alicyclic amines) is 1. The van der Waals surface area contributed by atoms with Gasteiger partial charge < -0.3 is 10.2 Å². The molecule has 1 heterocycles. The summed E-state index contributed by atoms with van der Waals surface area (Å²) in [5.74, 6) is -0.0939. The van der Waals surface area contributed by atoms with Gasteiger partial charge in [-0.05, 0) is 43.9 Å². The highest BCUT2D eigenvalue weighted by Crippen LogP contribution is 2.30. The van der Waals surface area contributed by atoms with Gasteiger partial charge in [0.05, 0.1) is 5.92 Å². The van der Waals surface area contributed by atoms with E-state index in [1.807, 2.05) is 36.9 Å². The molecule has 0 spiro atoms. The number of nitrogens with one attached hydrogen (secondary N) is 1. The number of carbonyl (C=O) groups is 2. The van der Waals surface area contributed by atoms with Gasteiger partial charge in [0.25, 0.3) is 0 Å². The summed E-state index contributed by atoms with van der Waals surface area (Å²) < 4.78 is 0. The highest BCUT2D eigenvalue weighted by atomic mass is 16.2. The van der Waals surface area contributed by atoms with E-state index < -0.39 is 0 Å². The van der Waals surface area contributed by atoms with E-state index in [0.717, 1.165) is 29.7 Å². The van der Waals surface area contributed by atoms with Crippen LogP contribution in [0.4, 0.5) is 5.69 Å². The molecule has 22 heavy (non-hydrogen) atoms. The van der Waals surface area contributed by atoms with E-state index in [2.05, 4.69) is 5.32 Å². The molecule has 1 atom stereocenters. The highest BCUT2D eigenvalue weighted by Gasteiger charge is 2.38. The molecule has 0 aromatic heterocycles. The minimum Gasteiger partial charge on any atom is -0.339 e. The van der Waals surface area contributed by atoms with Crippen LogP contribution in [0.1, 0.15) is 43.2 Å². The van der Waals surface area contributed by atoms with Crippen LogP contribution in [0.5, 0.6) is 0 Å². The Morgan fingerprint density at radius 3 is 2.68 bits per heavy atom. The van der Waals surface area contributed by atoms with Gasteiger partial charge in [-0.1, -0.05) is 25.0 Å². The van der Waals surface area contributed by atoms with E-state index in [1.54, 1.807) is 0 Å². The second-order valence-corrected chi connectivity index (χ2v) is 6.62. The summed E-state index contributed by atoms with van der Waals surface area (Å²) in [7, 11) is 0. The molecule has 0 bridgehead atoms. The van der Waals surface area contributed by atoms with Crippen molar-refractivity contribution < 1.29 is 9.59 Å². The number of anilines is 1. The Morgan fingerprint density at radius 2 is 1.95 bits per heavy atom. The highest BCUT2D eigenvalue weighted by molar-refractivity contribution is 5.97. The van der Waals surface area contributed by atoms with Gasteiger partial charge in [-0.3, -0.25) is 9.59 Å². The molecular formula is C18H24N2O2. The van der Waals surface area contributed by atoms with E-state index in [1.165, 1.54) is 12.8 Å². The number of rotatable bonds is 3. The second kappa shape index (κ2) is 6.11. The summed E-state index contributed by atoms with van der Waals surface area (Å²) in [5, 5.41) is 3.01. The lowest BCUT2D eigenvalue weighted by molar-refractivity contribution is -0.129. The molecule has 1 saturated heterocycles. The van der Waals surface area contributed by atoms with Crippen LogP contribution in [0.15, 0.2) is 18.2 Å². The van der Waals surface area contributed by atoms with Gasteiger partial charge in [-0.15, -0.1) is 0 Å². The fourth-order valence-electron chi connectivity index (χ4n) is 3.60. The molecule has 1 aromatic rings. The lowest BCUT2D eigenvalue weighted by Crippen LogP contribution is -2.35. The van der Waals surface area contributed by atoms with Gasteiger partial charge in [0.15, 0.2) is 0 Å². The number of aryl methyl sites for hydroxylation is 1. The van der Waals surface area contributed by atoms with Crippen molar-refractivity contribution in [3.63, 3.8) is 0 Å². The Labute approximate surface area is 131 Å². The average Bonchev–Trinajstić information content (AvgIpc) is 3.12. The number of hydrogen-bond donors (Lipinski definition) is 1. The maximum atomic E-state index is 12.5. The fourth-order valence-corrected chi connectivity index (χ4v) is 3.60. The molecule has 0 unspecified atom stereocenters. The number of benzene rings is 1. The molecule has 1 N–H and O–H groups in total. The van der Waals surface area contributed by atoms with Crippen LogP contribution in [0.25, 0.3) is 0 Å². The first kappa shape index (κ1) is 15.1. The van der Waals surface area contributed by atoms with Gasteiger partial charge >= 0.3 is 0 Å². The third kappa shape index (κ3) is 2.87. The van der Waals surface area contributed by atoms with Crippen molar-refractivity contribution in [2.45, 2.75) is 52.0 Å². The van der Waals surface area contributed by atoms with Crippen molar-refractivity contribution in [3.05, 3.63) is 29.3 Å². The molecular weight excluding hydrogens is 276 g/mol. The summed E-state index contributed by atoms with van der Waals surface area (Å²) in [6.45, 7) is 4.63. The first-order valence-electron chi connectivity index (χ1n) is 8.23. The van der Waals surface area contributed by atoms with Crippen LogP contribution in [-0.2, 0) is 9.59 Å². The van der Waals surface area contributed by atoms with Gasteiger partial charge in [0.2, 0.25) is 11.8 Å². The Kier molecular flexibility index (Phi) is 4.19.